The Morgan fingerprint density at radius 2 is 2.23 bits per heavy atom. The minimum Gasteiger partial charge on any atom is -0.379 e. The number of morpholine rings is 1. The molecule has 0 aliphatic carbocycles. The van der Waals surface area contributed by atoms with E-state index in [2.05, 4.69) is 15.2 Å². The number of ether oxygens (including phenoxy) is 1. The number of carbonyl (C=O) groups is 1. The first-order valence-electron chi connectivity index (χ1n) is 7.21. The summed E-state index contributed by atoms with van der Waals surface area (Å²) in [7, 11) is 0. The highest BCUT2D eigenvalue weighted by molar-refractivity contribution is 7.16. The molecule has 0 spiro atoms. The molecule has 118 valence electrons. The molecule has 0 saturated carbocycles. The normalized spacial score (nSPS) is 16.0. The second kappa shape index (κ2) is 6.55. The molecule has 1 saturated heterocycles. The number of hydrogen-bond acceptors (Lipinski definition) is 6. The third kappa shape index (κ3) is 3.18. The predicted molar refractivity (Wildman–Crippen MR) is 83.7 cm³/mol. The SMILES string of the molecule is Cc1cn2c(=O)c(C(=O)NCCN3CCOCC3)cnc2s1. The number of carbonyl (C=O) groups excluding carboxylic acids is 1. The van der Waals surface area contributed by atoms with Crippen molar-refractivity contribution < 1.29 is 9.53 Å². The summed E-state index contributed by atoms with van der Waals surface area (Å²) in [6.07, 6.45) is 3.07. The Bertz CT molecular complexity index is 733. The standard InChI is InChI=1S/C14H18N4O3S/c1-10-9-18-13(20)11(8-16-14(18)22-10)12(19)15-2-3-17-4-6-21-7-5-17/h8-9H,2-7H2,1H3,(H,15,19). The van der Waals surface area contributed by atoms with E-state index in [-0.39, 0.29) is 17.0 Å². The summed E-state index contributed by atoms with van der Waals surface area (Å²) in [6, 6.07) is 0. The molecular weight excluding hydrogens is 304 g/mol. The van der Waals surface area contributed by atoms with Gasteiger partial charge in [-0.25, -0.2) is 4.98 Å². The lowest BCUT2D eigenvalue weighted by Crippen LogP contribution is -2.42. The number of aryl methyl sites for hydroxylation is 1. The Morgan fingerprint density at radius 1 is 1.45 bits per heavy atom. The van der Waals surface area contributed by atoms with E-state index in [9.17, 15) is 9.59 Å². The predicted octanol–water partition coefficient (Wildman–Crippen LogP) is 0.126. The molecule has 3 rings (SSSR count). The van der Waals surface area contributed by atoms with Crippen molar-refractivity contribution >= 4 is 22.2 Å². The molecule has 2 aromatic rings. The van der Waals surface area contributed by atoms with E-state index in [0.29, 0.717) is 11.5 Å². The third-order valence-corrected chi connectivity index (χ3v) is 4.50. The van der Waals surface area contributed by atoms with Gasteiger partial charge in [-0.15, -0.1) is 11.3 Å². The lowest BCUT2D eigenvalue weighted by atomic mass is 10.3. The zero-order chi connectivity index (χ0) is 15.5. The molecule has 0 radical (unpaired) electrons. The van der Waals surface area contributed by atoms with E-state index >= 15 is 0 Å². The zero-order valence-electron chi connectivity index (χ0n) is 12.4. The van der Waals surface area contributed by atoms with Gasteiger partial charge in [0.1, 0.15) is 5.56 Å². The minimum absolute atomic E-state index is 0.0808. The number of rotatable bonds is 4. The molecule has 1 aliphatic rings. The van der Waals surface area contributed by atoms with Gasteiger partial charge in [-0.05, 0) is 6.92 Å². The van der Waals surface area contributed by atoms with Crippen LogP contribution in [0.2, 0.25) is 0 Å². The summed E-state index contributed by atoms with van der Waals surface area (Å²) in [4.78, 5) is 32.4. The van der Waals surface area contributed by atoms with Crippen LogP contribution in [0.5, 0.6) is 0 Å². The summed E-state index contributed by atoms with van der Waals surface area (Å²) in [5.74, 6) is -0.371. The Kier molecular flexibility index (Phi) is 4.51. The average Bonchev–Trinajstić information content (AvgIpc) is 2.90. The third-order valence-electron chi connectivity index (χ3n) is 3.58. The Hall–Kier alpha value is -1.77. The largest absolute Gasteiger partial charge is 0.379 e. The molecule has 2 aromatic heterocycles. The first kappa shape index (κ1) is 15.1. The van der Waals surface area contributed by atoms with Crippen molar-refractivity contribution in [1.82, 2.24) is 19.6 Å². The van der Waals surface area contributed by atoms with E-state index in [1.807, 2.05) is 6.92 Å². The fraction of sp³-hybridized carbons (Fsp3) is 0.500. The quantitative estimate of drug-likeness (QED) is 0.866. The van der Waals surface area contributed by atoms with Crippen LogP contribution in [0.3, 0.4) is 0 Å². The maximum atomic E-state index is 12.3. The molecule has 0 unspecified atom stereocenters. The van der Waals surface area contributed by atoms with Crippen molar-refractivity contribution in [3.8, 4) is 0 Å². The molecule has 7 nitrogen and oxygen atoms in total. The Labute approximate surface area is 131 Å². The minimum atomic E-state index is -0.371. The van der Waals surface area contributed by atoms with Crippen LogP contribution in [0.4, 0.5) is 0 Å². The summed E-state index contributed by atoms with van der Waals surface area (Å²) in [5.41, 5.74) is -0.240. The highest BCUT2D eigenvalue weighted by Gasteiger charge is 2.15. The number of nitrogens with one attached hydrogen (secondary N) is 1. The topological polar surface area (TPSA) is 75.9 Å². The van der Waals surface area contributed by atoms with Crippen LogP contribution in [0.25, 0.3) is 4.96 Å². The van der Waals surface area contributed by atoms with Crippen molar-refractivity contribution in [2.75, 3.05) is 39.4 Å². The van der Waals surface area contributed by atoms with E-state index in [1.165, 1.54) is 21.9 Å². The number of fused-ring (bicyclic) bond motifs is 1. The molecule has 8 heteroatoms. The van der Waals surface area contributed by atoms with Crippen molar-refractivity contribution in [3.63, 3.8) is 0 Å². The highest BCUT2D eigenvalue weighted by atomic mass is 32.1. The number of aromatic nitrogens is 2. The van der Waals surface area contributed by atoms with Crippen LogP contribution in [-0.4, -0.2) is 59.6 Å². The van der Waals surface area contributed by atoms with Crippen molar-refractivity contribution in [2.45, 2.75) is 6.92 Å². The van der Waals surface area contributed by atoms with Crippen molar-refractivity contribution in [1.29, 1.82) is 0 Å². The monoisotopic (exact) mass is 322 g/mol. The first-order valence-corrected chi connectivity index (χ1v) is 8.03. The van der Waals surface area contributed by atoms with Crippen LogP contribution < -0.4 is 10.9 Å². The summed E-state index contributed by atoms with van der Waals surface area (Å²) >= 11 is 1.42. The molecule has 1 fully saturated rings. The van der Waals surface area contributed by atoms with Gasteiger partial charge in [0.05, 0.1) is 13.2 Å². The molecule has 0 bridgehead atoms. The molecule has 22 heavy (non-hydrogen) atoms. The van der Waals surface area contributed by atoms with Crippen LogP contribution >= 0.6 is 11.3 Å². The smallest absolute Gasteiger partial charge is 0.271 e. The van der Waals surface area contributed by atoms with Gasteiger partial charge < -0.3 is 10.1 Å². The number of hydrogen-bond donors (Lipinski definition) is 1. The average molecular weight is 322 g/mol. The van der Waals surface area contributed by atoms with Gasteiger partial charge in [0.2, 0.25) is 0 Å². The van der Waals surface area contributed by atoms with Gasteiger partial charge in [0.25, 0.3) is 11.5 Å². The number of thiazole rings is 1. The van der Waals surface area contributed by atoms with Crippen LogP contribution in [0.15, 0.2) is 17.2 Å². The van der Waals surface area contributed by atoms with Crippen LogP contribution in [0.1, 0.15) is 15.2 Å². The lowest BCUT2D eigenvalue weighted by molar-refractivity contribution is 0.0383. The number of nitrogens with zero attached hydrogens (tertiary/aromatic N) is 3. The molecular formula is C14H18N4O3S. The second-order valence-corrected chi connectivity index (χ2v) is 6.39. The second-order valence-electron chi connectivity index (χ2n) is 5.18. The van der Waals surface area contributed by atoms with Crippen LogP contribution in [-0.2, 0) is 4.74 Å². The highest BCUT2D eigenvalue weighted by Crippen LogP contribution is 2.12. The molecule has 1 amide bonds. The molecule has 0 aromatic carbocycles. The number of amides is 1. The van der Waals surface area contributed by atoms with Crippen molar-refractivity contribution in [2.24, 2.45) is 0 Å². The zero-order valence-corrected chi connectivity index (χ0v) is 13.2. The van der Waals surface area contributed by atoms with Gasteiger partial charge in [0.15, 0.2) is 4.96 Å². The van der Waals surface area contributed by atoms with Crippen LogP contribution in [0, 0.1) is 6.92 Å². The molecule has 1 aliphatic heterocycles. The first-order chi connectivity index (χ1) is 10.6. The van der Waals surface area contributed by atoms with Crippen molar-refractivity contribution in [3.05, 3.63) is 33.2 Å². The fourth-order valence-corrected chi connectivity index (χ4v) is 3.18. The Morgan fingerprint density at radius 3 is 3.00 bits per heavy atom. The summed E-state index contributed by atoms with van der Waals surface area (Å²) < 4.78 is 6.70. The molecule has 1 N–H and O–H groups in total. The summed E-state index contributed by atoms with van der Waals surface area (Å²) in [6.45, 7) is 6.37. The molecule has 0 atom stereocenters. The van der Waals surface area contributed by atoms with E-state index in [1.54, 1.807) is 6.20 Å². The van der Waals surface area contributed by atoms with Gasteiger partial charge in [0, 0.05) is 43.4 Å². The summed E-state index contributed by atoms with van der Waals surface area (Å²) in [5, 5.41) is 2.79. The lowest BCUT2D eigenvalue weighted by Gasteiger charge is -2.26. The maximum absolute atomic E-state index is 12.3. The van der Waals surface area contributed by atoms with Gasteiger partial charge >= 0.3 is 0 Å². The van der Waals surface area contributed by atoms with E-state index < -0.39 is 0 Å². The van der Waals surface area contributed by atoms with Gasteiger partial charge in [-0.3, -0.25) is 18.9 Å². The maximum Gasteiger partial charge on any atom is 0.271 e. The van der Waals surface area contributed by atoms with E-state index in [4.69, 9.17) is 4.74 Å². The Balaban J connectivity index is 1.64. The van der Waals surface area contributed by atoms with Gasteiger partial charge in [-0.2, -0.15) is 0 Å². The van der Waals surface area contributed by atoms with E-state index in [0.717, 1.165) is 37.7 Å². The van der Waals surface area contributed by atoms with Gasteiger partial charge in [-0.1, -0.05) is 0 Å². The molecule has 3 heterocycles. The fourth-order valence-electron chi connectivity index (χ4n) is 2.40.